The molecule has 1 aromatic carbocycles. The minimum absolute atomic E-state index is 0. The van der Waals surface area contributed by atoms with E-state index >= 15 is 0 Å². The summed E-state index contributed by atoms with van der Waals surface area (Å²) in [5.74, 6) is 0. The van der Waals surface area contributed by atoms with Crippen LogP contribution in [0.3, 0.4) is 0 Å². The molecular weight excluding hydrogens is 219 g/mol. The van der Waals surface area contributed by atoms with Crippen molar-refractivity contribution in [2.75, 3.05) is 0 Å². The van der Waals surface area contributed by atoms with E-state index in [1.165, 1.54) is 11.7 Å². The Bertz CT molecular complexity index is 155. The van der Waals surface area contributed by atoms with Gasteiger partial charge in [-0.3, -0.25) is 0 Å². The molecule has 2 radical (unpaired) electrons. The molecule has 0 N–H and O–H groups in total. The van der Waals surface area contributed by atoms with Crippen LogP contribution in [0.2, 0.25) is 0 Å². The predicted octanol–water partition coefficient (Wildman–Crippen LogP) is -1.58. The zero-order valence-electron chi connectivity index (χ0n) is 5.89. The van der Waals surface area contributed by atoms with Crippen molar-refractivity contribution in [1.82, 2.24) is 0 Å². The Labute approximate surface area is 90.9 Å². The van der Waals surface area contributed by atoms with Crippen molar-refractivity contribution in [3.63, 3.8) is 0 Å². The molecule has 0 fully saturated rings. The molecule has 1 aromatic rings. The standard InChI is InChI=1S/C7H9P.BrH.Mg/c8-6-7-4-2-1-3-5-7;;/h1-5H,6,8H2;1H;. The molecule has 0 bridgehead atoms. The molecule has 1 rings (SSSR count). The average molecular weight is 229 g/mol. The summed E-state index contributed by atoms with van der Waals surface area (Å²) in [6, 6.07) is 10.5. The van der Waals surface area contributed by atoms with E-state index in [2.05, 4.69) is 24.3 Å². The molecule has 0 aliphatic rings. The highest BCUT2D eigenvalue weighted by atomic mass is 79.9. The highest BCUT2D eigenvalue weighted by Crippen LogP contribution is 2.02. The first kappa shape index (κ1) is 13.5. The van der Waals surface area contributed by atoms with Crippen molar-refractivity contribution in [2.24, 2.45) is 0 Å². The lowest BCUT2D eigenvalue weighted by Crippen LogP contribution is -3.00. The third-order valence-corrected chi connectivity index (χ3v) is 1.71. The molecule has 0 heterocycles. The Hall–Kier alpha value is 0.896. The number of hydrogen-bond donors (Lipinski definition) is 0. The summed E-state index contributed by atoms with van der Waals surface area (Å²) < 4.78 is 0. The zero-order valence-corrected chi connectivity index (χ0v) is 10.3. The van der Waals surface area contributed by atoms with Crippen LogP contribution in [0, 0.1) is 0 Å². The van der Waals surface area contributed by atoms with Crippen LogP contribution in [0.25, 0.3) is 0 Å². The Morgan fingerprint density at radius 1 is 1.10 bits per heavy atom. The monoisotopic (exact) mass is 228 g/mol. The molecule has 0 aliphatic heterocycles. The Kier molecular flexibility index (Phi) is 10.8. The molecule has 0 amide bonds. The molecule has 0 saturated carbocycles. The summed E-state index contributed by atoms with van der Waals surface area (Å²) in [4.78, 5) is 0. The third kappa shape index (κ3) is 4.67. The smallest absolute Gasteiger partial charge is 0.0774 e. The number of hydrogen-bond acceptors (Lipinski definition) is 0. The molecule has 0 aliphatic carbocycles. The van der Waals surface area contributed by atoms with Crippen LogP contribution in [0.1, 0.15) is 5.56 Å². The fraction of sp³-hybridized carbons (Fsp3) is 0.143. The highest BCUT2D eigenvalue weighted by Gasteiger charge is 1.83. The van der Waals surface area contributed by atoms with Crippen LogP contribution in [-0.4, -0.2) is 23.1 Å². The normalized spacial score (nSPS) is 7.60. The lowest BCUT2D eigenvalue weighted by Gasteiger charge is -1.86. The third-order valence-electron chi connectivity index (χ3n) is 1.13. The van der Waals surface area contributed by atoms with Gasteiger partial charge in [-0.25, -0.2) is 0 Å². The molecule has 52 valence electrons. The molecular formula is C7H10BrMgP. The van der Waals surface area contributed by atoms with Crippen LogP contribution >= 0.6 is 9.24 Å². The summed E-state index contributed by atoms with van der Waals surface area (Å²) in [6.45, 7) is 0. The molecule has 0 saturated heterocycles. The van der Waals surface area contributed by atoms with Gasteiger partial charge in [-0.15, -0.1) is 0 Å². The Balaban J connectivity index is 0. The highest BCUT2D eigenvalue weighted by molar-refractivity contribution is 7.15. The van der Waals surface area contributed by atoms with Crippen LogP contribution in [0.4, 0.5) is 0 Å². The van der Waals surface area contributed by atoms with E-state index in [1.807, 2.05) is 15.3 Å². The van der Waals surface area contributed by atoms with Gasteiger partial charge in [-0.2, -0.15) is 0 Å². The van der Waals surface area contributed by atoms with E-state index in [0.717, 1.165) is 0 Å². The maximum atomic E-state index is 2.15. The maximum absolute atomic E-state index is 2.15. The molecule has 3 heteroatoms. The molecule has 0 spiro atoms. The SMILES string of the molecule is [Br-].[Mg].[PH3+]Cc1ccccc1. The Morgan fingerprint density at radius 2 is 1.60 bits per heavy atom. The average Bonchev–Trinajstić information content (AvgIpc) is 1.90. The van der Waals surface area contributed by atoms with E-state index < -0.39 is 0 Å². The quantitative estimate of drug-likeness (QED) is 0.403. The second-order valence-corrected chi connectivity index (χ2v) is 2.24. The fourth-order valence-electron chi connectivity index (χ4n) is 0.645. The first-order valence-corrected chi connectivity index (χ1v) is 3.76. The summed E-state index contributed by atoms with van der Waals surface area (Å²) in [7, 11) is 1.98. The van der Waals surface area contributed by atoms with Crippen molar-refractivity contribution >= 4 is 32.3 Å². The van der Waals surface area contributed by atoms with Gasteiger partial charge in [0, 0.05) is 23.1 Å². The Morgan fingerprint density at radius 3 is 1.90 bits per heavy atom. The van der Waals surface area contributed by atoms with Gasteiger partial charge in [-0.05, 0) is 14.8 Å². The van der Waals surface area contributed by atoms with Crippen LogP contribution in [0.5, 0.6) is 0 Å². The first-order valence-electron chi connectivity index (χ1n) is 2.76. The van der Waals surface area contributed by atoms with Gasteiger partial charge in [0.1, 0.15) is 0 Å². The molecule has 1 atom stereocenters. The van der Waals surface area contributed by atoms with Crippen LogP contribution in [-0.2, 0) is 6.16 Å². The van der Waals surface area contributed by atoms with Crippen molar-refractivity contribution in [3.05, 3.63) is 35.9 Å². The summed E-state index contributed by atoms with van der Waals surface area (Å²) in [5.41, 5.74) is 1.42. The van der Waals surface area contributed by atoms with Crippen molar-refractivity contribution in [2.45, 2.75) is 6.16 Å². The molecule has 0 nitrogen and oxygen atoms in total. The lowest BCUT2D eigenvalue weighted by molar-refractivity contribution is -0.00000173. The van der Waals surface area contributed by atoms with Gasteiger partial charge in [0.2, 0.25) is 0 Å². The summed E-state index contributed by atoms with van der Waals surface area (Å²) in [6.07, 6.45) is 1.17. The minimum atomic E-state index is 0. The van der Waals surface area contributed by atoms with Gasteiger partial charge in [0.25, 0.3) is 0 Å². The van der Waals surface area contributed by atoms with Gasteiger partial charge in [0.15, 0.2) is 0 Å². The second kappa shape index (κ2) is 8.00. The topological polar surface area (TPSA) is 0 Å². The van der Waals surface area contributed by atoms with Gasteiger partial charge >= 0.3 is 0 Å². The van der Waals surface area contributed by atoms with E-state index in [-0.39, 0.29) is 40.0 Å². The largest absolute Gasteiger partial charge is 1.00 e. The van der Waals surface area contributed by atoms with E-state index in [1.54, 1.807) is 0 Å². The summed E-state index contributed by atoms with van der Waals surface area (Å²) >= 11 is 0. The molecule has 10 heavy (non-hydrogen) atoms. The van der Waals surface area contributed by atoms with E-state index in [4.69, 9.17) is 0 Å². The number of halogens is 1. The minimum Gasteiger partial charge on any atom is -1.00 e. The van der Waals surface area contributed by atoms with E-state index in [0.29, 0.717) is 0 Å². The lowest BCUT2D eigenvalue weighted by atomic mass is 10.2. The number of rotatable bonds is 1. The van der Waals surface area contributed by atoms with Gasteiger partial charge < -0.3 is 17.0 Å². The van der Waals surface area contributed by atoms with Crippen LogP contribution in [0.15, 0.2) is 30.3 Å². The van der Waals surface area contributed by atoms with Gasteiger partial charge in [0.05, 0.1) is 6.16 Å². The first-order chi connectivity index (χ1) is 3.93. The molecule has 0 aromatic heterocycles. The second-order valence-electron chi connectivity index (χ2n) is 1.74. The molecule has 1 unspecified atom stereocenters. The van der Waals surface area contributed by atoms with E-state index in [9.17, 15) is 0 Å². The fourth-order valence-corrected chi connectivity index (χ4v) is 0.978. The van der Waals surface area contributed by atoms with Crippen molar-refractivity contribution < 1.29 is 17.0 Å². The number of benzene rings is 1. The summed E-state index contributed by atoms with van der Waals surface area (Å²) in [5, 5.41) is 0. The van der Waals surface area contributed by atoms with Crippen molar-refractivity contribution in [3.8, 4) is 0 Å². The predicted molar refractivity (Wildman–Crippen MR) is 47.0 cm³/mol. The maximum Gasteiger partial charge on any atom is 0.0774 e. The zero-order chi connectivity index (χ0) is 5.82. The van der Waals surface area contributed by atoms with Crippen molar-refractivity contribution in [1.29, 1.82) is 0 Å². The van der Waals surface area contributed by atoms with Gasteiger partial charge in [-0.1, -0.05) is 30.3 Å². The van der Waals surface area contributed by atoms with Crippen LogP contribution < -0.4 is 17.0 Å².